The fourth-order valence-corrected chi connectivity index (χ4v) is 8.41. The van der Waals surface area contributed by atoms with Gasteiger partial charge in [-0.1, -0.05) is 152 Å². The average Bonchev–Trinajstić information content (AvgIpc) is 3.76. The van der Waals surface area contributed by atoms with Gasteiger partial charge < -0.3 is 4.57 Å². The van der Waals surface area contributed by atoms with Gasteiger partial charge in [-0.3, -0.25) is 0 Å². The minimum Gasteiger partial charge on any atom is -0.308 e. The second kappa shape index (κ2) is 12.6. The minimum atomic E-state index is 0.656. The Balaban J connectivity index is 1.19. The van der Waals surface area contributed by atoms with Crippen LogP contribution in [-0.2, 0) is 0 Å². The topological polar surface area (TPSA) is 43.6 Å². The second-order valence-electron chi connectivity index (χ2n) is 12.9. The van der Waals surface area contributed by atoms with Crippen molar-refractivity contribution in [2.45, 2.75) is 0 Å². The molecular formula is C47H30N4S. The van der Waals surface area contributed by atoms with Gasteiger partial charge in [0.15, 0.2) is 17.5 Å². The Labute approximate surface area is 305 Å². The molecule has 0 saturated heterocycles. The molecule has 10 aromatic rings. The first-order valence-corrected chi connectivity index (χ1v) is 18.2. The largest absolute Gasteiger partial charge is 0.308 e. The number of fused-ring (bicyclic) bond motifs is 5. The van der Waals surface area contributed by atoms with Gasteiger partial charge in [-0.05, 0) is 52.6 Å². The monoisotopic (exact) mass is 682 g/mol. The van der Waals surface area contributed by atoms with Crippen LogP contribution in [-0.4, -0.2) is 19.5 Å². The maximum absolute atomic E-state index is 5.02. The number of rotatable bonds is 6. The lowest BCUT2D eigenvalue weighted by atomic mass is 9.98. The molecular weight excluding hydrogens is 653 g/mol. The third-order valence-corrected chi connectivity index (χ3v) is 10.8. The molecule has 7 aromatic carbocycles. The maximum atomic E-state index is 5.02. The normalized spacial score (nSPS) is 11.5. The molecule has 0 bridgehead atoms. The van der Waals surface area contributed by atoms with Crippen LogP contribution in [0.25, 0.3) is 93.3 Å². The number of hydrogen-bond acceptors (Lipinski definition) is 4. The fourth-order valence-electron chi connectivity index (χ4n) is 7.15. The summed E-state index contributed by atoms with van der Waals surface area (Å²) in [5.41, 5.74) is 11.2. The van der Waals surface area contributed by atoms with E-state index in [4.69, 9.17) is 15.0 Å². The molecule has 0 radical (unpaired) electrons. The Morgan fingerprint density at radius 2 is 0.846 bits per heavy atom. The van der Waals surface area contributed by atoms with Crippen molar-refractivity contribution in [3.8, 4) is 62.1 Å². The quantitative estimate of drug-likeness (QED) is 0.175. The zero-order valence-electron chi connectivity index (χ0n) is 28.0. The van der Waals surface area contributed by atoms with E-state index in [2.05, 4.69) is 126 Å². The van der Waals surface area contributed by atoms with Crippen molar-refractivity contribution in [3.05, 3.63) is 182 Å². The van der Waals surface area contributed by atoms with E-state index in [1.165, 1.54) is 53.5 Å². The van der Waals surface area contributed by atoms with E-state index in [1.807, 2.05) is 72.0 Å². The zero-order chi connectivity index (χ0) is 34.4. The van der Waals surface area contributed by atoms with Crippen molar-refractivity contribution in [2.75, 3.05) is 0 Å². The molecule has 0 aliphatic heterocycles. The lowest BCUT2D eigenvalue weighted by Crippen LogP contribution is -2.00. The summed E-state index contributed by atoms with van der Waals surface area (Å²) < 4.78 is 4.90. The van der Waals surface area contributed by atoms with Crippen LogP contribution < -0.4 is 0 Å². The van der Waals surface area contributed by atoms with Crippen molar-refractivity contribution >= 4 is 42.5 Å². The molecule has 244 valence electrons. The summed E-state index contributed by atoms with van der Waals surface area (Å²) in [4.78, 5) is 14.9. The first-order valence-electron chi connectivity index (χ1n) is 17.4. The summed E-state index contributed by atoms with van der Waals surface area (Å²) in [6.45, 7) is 0. The third kappa shape index (κ3) is 5.27. The summed E-state index contributed by atoms with van der Waals surface area (Å²) in [7, 11) is 0. The predicted octanol–water partition coefficient (Wildman–Crippen LogP) is 12.5. The molecule has 3 heterocycles. The molecule has 0 atom stereocenters. The van der Waals surface area contributed by atoms with E-state index in [0.29, 0.717) is 17.5 Å². The molecule has 0 unspecified atom stereocenters. The van der Waals surface area contributed by atoms with E-state index >= 15 is 0 Å². The molecule has 3 aromatic heterocycles. The highest BCUT2D eigenvalue weighted by atomic mass is 32.1. The first kappa shape index (κ1) is 30.2. The maximum Gasteiger partial charge on any atom is 0.164 e. The molecule has 4 nitrogen and oxygen atoms in total. The van der Waals surface area contributed by atoms with Gasteiger partial charge in [0.2, 0.25) is 0 Å². The van der Waals surface area contributed by atoms with E-state index in [0.717, 1.165) is 22.4 Å². The molecule has 52 heavy (non-hydrogen) atoms. The Kier molecular flexibility index (Phi) is 7.29. The molecule has 0 saturated carbocycles. The summed E-state index contributed by atoms with van der Waals surface area (Å²) in [5, 5.41) is 2.44. The fraction of sp³-hybridized carbons (Fsp3) is 0. The Morgan fingerprint density at radius 1 is 0.365 bits per heavy atom. The van der Waals surface area contributed by atoms with E-state index in [1.54, 1.807) is 0 Å². The summed E-state index contributed by atoms with van der Waals surface area (Å²) in [6, 6.07) is 63.9. The van der Waals surface area contributed by atoms with Crippen molar-refractivity contribution in [2.24, 2.45) is 0 Å². The lowest BCUT2D eigenvalue weighted by molar-refractivity contribution is 1.07. The second-order valence-corrected chi connectivity index (χ2v) is 13.9. The SMILES string of the molecule is c1ccc(-c2cc(-c3ccccc3)cc(-n3c4ccccc4c4sc5cc(-c6nc(-c7ccccc7)nc(-c7ccccc7)n6)ccc5c43)c2)cc1. The van der Waals surface area contributed by atoms with Crippen molar-refractivity contribution in [1.82, 2.24) is 19.5 Å². The average molecular weight is 683 g/mol. The Bertz CT molecular complexity index is 2760. The van der Waals surface area contributed by atoms with Crippen molar-refractivity contribution < 1.29 is 0 Å². The van der Waals surface area contributed by atoms with Gasteiger partial charge in [-0.25, -0.2) is 15.0 Å². The third-order valence-electron chi connectivity index (χ3n) is 9.62. The molecule has 0 aliphatic carbocycles. The Morgan fingerprint density at radius 3 is 1.40 bits per heavy atom. The molecule has 0 spiro atoms. The summed E-state index contributed by atoms with van der Waals surface area (Å²) >= 11 is 1.83. The van der Waals surface area contributed by atoms with Gasteiger partial charge in [0.25, 0.3) is 0 Å². The van der Waals surface area contributed by atoms with E-state index in [9.17, 15) is 0 Å². The van der Waals surface area contributed by atoms with Gasteiger partial charge in [0, 0.05) is 37.9 Å². The van der Waals surface area contributed by atoms with Crippen LogP contribution in [0.1, 0.15) is 0 Å². The number of hydrogen-bond donors (Lipinski definition) is 0. The number of benzene rings is 7. The lowest BCUT2D eigenvalue weighted by Gasteiger charge is -2.14. The van der Waals surface area contributed by atoms with Crippen LogP contribution in [0, 0.1) is 0 Å². The van der Waals surface area contributed by atoms with E-state index < -0.39 is 0 Å². The molecule has 5 heteroatoms. The van der Waals surface area contributed by atoms with Crippen LogP contribution in [0.2, 0.25) is 0 Å². The number of para-hydroxylation sites is 1. The number of thiophene rings is 1. The van der Waals surface area contributed by atoms with Gasteiger partial charge in [-0.15, -0.1) is 11.3 Å². The predicted molar refractivity (Wildman–Crippen MR) is 217 cm³/mol. The molecule has 0 amide bonds. The highest BCUT2D eigenvalue weighted by Crippen LogP contribution is 2.44. The van der Waals surface area contributed by atoms with Crippen LogP contribution in [0.15, 0.2) is 182 Å². The van der Waals surface area contributed by atoms with Gasteiger partial charge >= 0.3 is 0 Å². The molecule has 0 aliphatic rings. The standard InChI is InChI=1S/C47H30N4S/c1-5-15-31(16-6-1)36-27-37(32-17-7-2-8-18-32)29-38(28-36)51-41-24-14-13-23-39(41)44-43(51)40-26-25-35(30-42(40)52-44)47-49-45(33-19-9-3-10-20-33)48-46(50-47)34-21-11-4-12-22-34/h1-30H. The minimum absolute atomic E-state index is 0.656. The summed E-state index contributed by atoms with van der Waals surface area (Å²) in [5.74, 6) is 1.97. The van der Waals surface area contributed by atoms with Gasteiger partial charge in [0.1, 0.15) is 0 Å². The van der Waals surface area contributed by atoms with Crippen LogP contribution in [0.4, 0.5) is 0 Å². The van der Waals surface area contributed by atoms with Crippen molar-refractivity contribution in [1.29, 1.82) is 0 Å². The zero-order valence-corrected chi connectivity index (χ0v) is 28.8. The summed E-state index contributed by atoms with van der Waals surface area (Å²) in [6.07, 6.45) is 0. The Hall–Kier alpha value is -6.69. The van der Waals surface area contributed by atoms with Crippen LogP contribution in [0.5, 0.6) is 0 Å². The van der Waals surface area contributed by atoms with Gasteiger partial charge in [0.05, 0.1) is 15.7 Å². The van der Waals surface area contributed by atoms with E-state index in [-0.39, 0.29) is 0 Å². The number of nitrogens with zero attached hydrogens (tertiary/aromatic N) is 4. The molecule has 0 fully saturated rings. The highest BCUT2D eigenvalue weighted by molar-refractivity contribution is 7.26. The first-order chi connectivity index (χ1) is 25.8. The highest BCUT2D eigenvalue weighted by Gasteiger charge is 2.20. The van der Waals surface area contributed by atoms with Crippen molar-refractivity contribution in [3.63, 3.8) is 0 Å². The smallest absolute Gasteiger partial charge is 0.164 e. The molecule has 0 N–H and O–H groups in total. The van der Waals surface area contributed by atoms with Gasteiger partial charge in [-0.2, -0.15) is 0 Å². The number of aromatic nitrogens is 4. The molecule has 10 rings (SSSR count). The van der Waals surface area contributed by atoms with Crippen LogP contribution >= 0.6 is 11.3 Å². The van der Waals surface area contributed by atoms with Crippen LogP contribution in [0.3, 0.4) is 0 Å².